The lowest BCUT2D eigenvalue weighted by Gasteiger charge is -2.42. The van der Waals surface area contributed by atoms with E-state index in [1.54, 1.807) is 0 Å². The van der Waals surface area contributed by atoms with E-state index >= 15 is 0 Å². The predicted octanol–water partition coefficient (Wildman–Crippen LogP) is 12.1. The molecule has 15 heteroatoms. The molecule has 0 amide bonds. The van der Waals surface area contributed by atoms with Gasteiger partial charge in [-0.2, -0.15) is 0 Å². The highest BCUT2D eigenvalue weighted by molar-refractivity contribution is 5.70. The van der Waals surface area contributed by atoms with Crippen molar-refractivity contribution < 1.29 is 73.8 Å². The average Bonchev–Trinajstić information content (AvgIpc) is 3.43. The fraction of sp³-hybridized carbons (Fsp3) is 0.937. The summed E-state index contributed by atoms with van der Waals surface area (Å²) in [4.78, 5) is 26.0. The topological polar surface area (TPSA) is 231 Å². The Kier molecular flexibility index (Phi) is 46.2. The summed E-state index contributed by atoms with van der Waals surface area (Å²) in [7, 11) is 0. The van der Waals surface area contributed by atoms with Crippen LogP contribution in [0.2, 0.25) is 0 Å². The van der Waals surface area contributed by atoms with E-state index in [2.05, 4.69) is 26.0 Å². The van der Waals surface area contributed by atoms with Crippen LogP contribution in [0.3, 0.4) is 0 Å². The number of ether oxygens (including phenoxy) is 6. The lowest BCUT2D eigenvalue weighted by atomic mass is 9.98. The molecule has 2 heterocycles. The van der Waals surface area contributed by atoms with Crippen molar-refractivity contribution in [1.82, 2.24) is 0 Å². The first-order valence-electron chi connectivity index (χ1n) is 32.3. The first kappa shape index (κ1) is 72.3. The van der Waals surface area contributed by atoms with E-state index in [4.69, 9.17) is 28.4 Å². The van der Waals surface area contributed by atoms with Gasteiger partial charge in [0.1, 0.15) is 55.4 Å². The highest BCUT2D eigenvalue weighted by Gasteiger charge is 2.47. The van der Waals surface area contributed by atoms with Crippen LogP contribution in [-0.2, 0) is 38.0 Å². The van der Waals surface area contributed by atoms with Gasteiger partial charge in [0.15, 0.2) is 18.7 Å². The van der Waals surface area contributed by atoms with Crippen LogP contribution in [-0.4, -0.2) is 142 Å². The van der Waals surface area contributed by atoms with Gasteiger partial charge in [-0.3, -0.25) is 9.59 Å². The molecule has 0 saturated carbocycles. The normalized spacial score (nSPS) is 24.0. The monoisotopic (exact) mass is 1110 g/mol. The molecule has 0 aromatic heterocycles. The molecule has 11 unspecified atom stereocenters. The Morgan fingerprint density at radius 2 is 0.731 bits per heavy atom. The van der Waals surface area contributed by atoms with E-state index in [1.165, 1.54) is 199 Å². The van der Waals surface area contributed by atoms with Crippen molar-refractivity contribution in [3.8, 4) is 0 Å². The van der Waals surface area contributed by atoms with Gasteiger partial charge >= 0.3 is 11.9 Å². The van der Waals surface area contributed by atoms with Gasteiger partial charge in [0.05, 0.1) is 19.8 Å². The molecule has 78 heavy (non-hydrogen) atoms. The van der Waals surface area contributed by atoms with E-state index < -0.39 is 92.7 Å². The van der Waals surface area contributed by atoms with Crippen LogP contribution in [0, 0.1) is 0 Å². The van der Waals surface area contributed by atoms with E-state index in [9.17, 15) is 45.3 Å². The van der Waals surface area contributed by atoms with Crippen molar-refractivity contribution >= 4 is 11.9 Å². The van der Waals surface area contributed by atoms with Gasteiger partial charge < -0.3 is 64.2 Å². The zero-order valence-electron chi connectivity index (χ0n) is 49.4. The van der Waals surface area contributed by atoms with Gasteiger partial charge in [-0.05, 0) is 38.5 Å². The highest BCUT2D eigenvalue weighted by atomic mass is 16.7. The Hall–Kier alpha value is -1.76. The van der Waals surface area contributed by atoms with E-state index in [1.807, 2.05) is 0 Å². The molecule has 0 bridgehead atoms. The maximum atomic E-state index is 13.1. The third-order valence-electron chi connectivity index (χ3n) is 15.7. The van der Waals surface area contributed by atoms with Crippen LogP contribution >= 0.6 is 0 Å². The summed E-state index contributed by atoms with van der Waals surface area (Å²) in [6, 6.07) is 0. The molecule has 0 aromatic rings. The minimum absolute atomic E-state index is 0.168. The van der Waals surface area contributed by atoms with Crippen molar-refractivity contribution in [3.63, 3.8) is 0 Å². The number of allylic oxidation sites excluding steroid dienone is 2. The molecule has 2 rings (SSSR count). The summed E-state index contributed by atoms with van der Waals surface area (Å²) in [6.07, 6.45) is 38.0. The number of carbonyl (C=O) groups excluding carboxylic acids is 2. The Morgan fingerprint density at radius 3 is 1.13 bits per heavy atom. The second-order valence-electron chi connectivity index (χ2n) is 23.0. The highest BCUT2D eigenvalue weighted by Crippen LogP contribution is 2.27. The van der Waals surface area contributed by atoms with Crippen molar-refractivity contribution in [1.29, 1.82) is 0 Å². The summed E-state index contributed by atoms with van der Waals surface area (Å²) in [5.41, 5.74) is 0. The van der Waals surface area contributed by atoms with Gasteiger partial charge in [-0.1, -0.05) is 244 Å². The minimum atomic E-state index is -1.76. The molecular formula is C63H118O15. The van der Waals surface area contributed by atoms with Gasteiger partial charge in [0, 0.05) is 12.8 Å². The number of carbonyl (C=O) groups is 2. The van der Waals surface area contributed by atoms with Gasteiger partial charge in [-0.25, -0.2) is 0 Å². The number of unbranched alkanes of at least 4 members (excludes halogenated alkanes) is 37. The van der Waals surface area contributed by atoms with Crippen LogP contribution in [0.1, 0.15) is 284 Å². The summed E-state index contributed by atoms with van der Waals surface area (Å²) >= 11 is 0. The van der Waals surface area contributed by atoms with Crippen molar-refractivity contribution in [2.45, 2.75) is 351 Å². The summed E-state index contributed by atoms with van der Waals surface area (Å²) in [5.74, 6) is -0.907. The molecule has 0 spiro atoms. The number of aliphatic hydroxyl groups excluding tert-OH is 7. The second-order valence-corrected chi connectivity index (χ2v) is 23.0. The Morgan fingerprint density at radius 1 is 0.397 bits per heavy atom. The summed E-state index contributed by atoms with van der Waals surface area (Å²) < 4.78 is 33.8. The molecule has 2 aliphatic rings. The first-order valence-corrected chi connectivity index (χ1v) is 32.3. The van der Waals surface area contributed by atoms with E-state index in [-0.39, 0.29) is 26.1 Å². The van der Waals surface area contributed by atoms with Crippen molar-refractivity contribution in [2.24, 2.45) is 0 Å². The molecule has 0 aromatic carbocycles. The Bertz CT molecular complexity index is 1400. The molecule has 2 fully saturated rings. The van der Waals surface area contributed by atoms with Crippen molar-refractivity contribution in [2.75, 3.05) is 26.4 Å². The zero-order valence-corrected chi connectivity index (χ0v) is 49.4. The van der Waals surface area contributed by atoms with Crippen LogP contribution in [0.25, 0.3) is 0 Å². The van der Waals surface area contributed by atoms with Crippen LogP contribution in [0.15, 0.2) is 12.2 Å². The average molecular weight is 1120 g/mol. The van der Waals surface area contributed by atoms with Gasteiger partial charge in [0.2, 0.25) is 0 Å². The van der Waals surface area contributed by atoms with Gasteiger partial charge in [-0.15, -0.1) is 0 Å². The smallest absolute Gasteiger partial charge is 0.306 e. The minimum Gasteiger partial charge on any atom is -0.462 e. The zero-order chi connectivity index (χ0) is 56.7. The number of aliphatic hydroxyl groups is 7. The SMILES string of the molecule is CCCCCCCC/C=C\CCCCCCCCCCCC(=O)OC(COC(=O)CCCCCCCCCCCCCCCCCCCCCCCCC)COC1OC(COC2OC(CO)C(O)C(O)C2O)C(O)C(O)C1O. The fourth-order valence-electron chi connectivity index (χ4n) is 10.5. The quantitative estimate of drug-likeness (QED) is 0.0171. The van der Waals surface area contributed by atoms with Crippen LogP contribution in [0.4, 0.5) is 0 Å². The summed E-state index contributed by atoms with van der Waals surface area (Å²) in [6.45, 7) is 2.66. The standard InChI is InChI=1S/C63H118O15/c1-3-5-7-9-11-13-15-17-19-21-23-24-25-26-28-29-31-33-35-37-39-41-43-45-54(65)73-48-51(76-55(66)46-44-42-40-38-36-34-32-30-27-22-20-18-16-14-12-10-8-6-4-2)49-74-62-61(72)59(70)57(68)53(78-62)50-75-63-60(71)58(69)56(67)52(47-64)77-63/h18,20,51-53,56-64,67-72H,3-17,19,21-50H2,1-2H3/b20-18-. The molecule has 460 valence electrons. The molecule has 2 saturated heterocycles. The Balaban J connectivity index is 1.69. The Labute approximate surface area is 473 Å². The summed E-state index contributed by atoms with van der Waals surface area (Å²) in [5, 5.41) is 72.4. The molecule has 11 atom stereocenters. The maximum absolute atomic E-state index is 13.1. The number of hydrogen-bond acceptors (Lipinski definition) is 15. The van der Waals surface area contributed by atoms with Crippen molar-refractivity contribution in [3.05, 3.63) is 12.2 Å². The molecule has 2 aliphatic heterocycles. The van der Waals surface area contributed by atoms with E-state index in [0.717, 1.165) is 44.9 Å². The lowest BCUT2D eigenvalue weighted by molar-refractivity contribution is -0.332. The third-order valence-corrected chi connectivity index (χ3v) is 15.7. The van der Waals surface area contributed by atoms with Crippen LogP contribution in [0.5, 0.6) is 0 Å². The predicted molar refractivity (Wildman–Crippen MR) is 308 cm³/mol. The van der Waals surface area contributed by atoms with E-state index in [0.29, 0.717) is 12.8 Å². The largest absolute Gasteiger partial charge is 0.462 e. The van der Waals surface area contributed by atoms with Crippen LogP contribution < -0.4 is 0 Å². The lowest BCUT2D eigenvalue weighted by Crippen LogP contribution is -2.61. The number of esters is 2. The second kappa shape index (κ2) is 49.8. The number of hydrogen-bond donors (Lipinski definition) is 7. The van der Waals surface area contributed by atoms with Gasteiger partial charge in [0.25, 0.3) is 0 Å². The number of rotatable bonds is 53. The molecule has 0 aliphatic carbocycles. The molecule has 15 nitrogen and oxygen atoms in total. The maximum Gasteiger partial charge on any atom is 0.306 e. The third kappa shape index (κ3) is 36.0. The molecular weight excluding hydrogens is 997 g/mol. The molecule has 0 radical (unpaired) electrons. The molecule has 7 N–H and O–H groups in total. The first-order chi connectivity index (χ1) is 38.0. The fourth-order valence-corrected chi connectivity index (χ4v) is 10.5.